The second-order valence-electron chi connectivity index (χ2n) is 10.0. The Kier molecular flexibility index (Phi) is 14.2. The van der Waals surface area contributed by atoms with E-state index in [1.165, 1.54) is 6.07 Å². The number of fused-ring (bicyclic) bond motifs is 2. The van der Waals surface area contributed by atoms with Gasteiger partial charge in [0, 0.05) is 53.5 Å². The van der Waals surface area contributed by atoms with Crippen molar-refractivity contribution in [2.45, 2.75) is 39.3 Å². The van der Waals surface area contributed by atoms with Crippen molar-refractivity contribution in [3.63, 3.8) is 0 Å². The normalized spacial score (nSPS) is 12.7. The molecule has 48 heavy (non-hydrogen) atoms. The third-order valence-corrected chi connectivity index (χ3v) is 14.5. The number of rotatable bonds is 14. The van der Waals surface area contributed by atoms with E-state index in [9.17, 15) is 19.8 Å². The van der Waals surface area contributed by atoms with E-state index >= 15 is 0 Å². The van der Waals surface area contributed by atoms with Crippen LogP contribution in [0.2, 0.25) is 26.1 Å². The molecular formula is C30H25Br4Cl4O9Si-. The number of hydrogen-bond acceptors (Lipinski definition) is 9. The van der Waals surface area contributed by atoms with Crippen LogP contribution in [-0.4, -0.2) is 52.4 Å². The number of carbonyl (C=O) groups excluding carboxylic acids is 1. The van der Waals surface area contributed by atoms with Gasteiger partial charge < -0.3 is 37.4 Å². The Balaban J connectivity index is 1.90. The molecule has 2 aliphatic rings. The summed E-state index contributed by atoms with van der Waals surface area (Å²) in [6.45, 7) is 6.64. The zero-order valence-corrected chi connectivity index (χ0v) is 35.6. The minimum Gasteiger partial charge on any atom is -0.545 e. The lowest BCUT2D eigenvalue weighted by molar-refractivity contribution is -0.254. The SMILES string of the molecule is CCO[Si](CCC(O)COc1c(Br)cc2c(-c3c(Cl)c(Cl)c(Cl)c(Cl)c3C(=O)[O-])c3cc(Br)c(=O)c(Br)c-3oc2c1Br)(OCC)OCC. The molecule has 0 radical (unpaired) electrons. The Morgan fingerprint density at radius 3 is 2.04 bits per heavy atom. The van der Waals surface area contributed by atoms with Gasteiger partial charge in [-0.2, -0.15) is 0 Å². The molecule has 0 spiro atoms. The van der Waals surface area contributed by atoms with E-state index in [0.717, 1.165) is 0 Å². The highest BCUT2D eigenvalue weighted by molar-refractivity contribution is 9.11. The molecule has 0 bridgehead atoms. The highest BCUT2D eigenvalue weighted by Crippen LogP contribution is 2.54. The highest BCUT2D eigenvalue weighted by atomic mass is 79.9. The Morgan fingerprint density at radius 2 is 1.48 bits per heavy atom. The number of aliphatic hydroxyl groups is 1. The van der Waals surface area contributed by atoms with Crippen LogP contribution in [0.1, 0.15) is 37.6 Å². The first-order chi connectivity index (χ1) is 22.6. The Morgan fingerprint density at radius 1 is 0.896 bits per heavy atom. The van der Waals surface area contributed by atoms with Crippen LogP contribution in [0.4, 0.5) is 0 Å². The van der Waals surface area contributed by atoms with E-state index in [4.69, 9.17) is 68.8 Å². The molecular weight excluding hydrogens is 994 g/mol. The predicted molar refractivity (Wildman–Crippen MR) is 201 cm³/mol. The molecule has 9 nitrogen and oxygen atoms in total. The molecule has 0 aromatic heterocycles. The fourth-order valence-electron chi connectivity index (χ4n) is 5.05. The minimum atomic E-state index is -3.00. The summed E-state index contributed by atoms with van der Waals surface area (Å²) in [6.07, 6.45) is -0.667. The summed E-state index contributed by atoms with van der Waals surface area (Å²) < 4.78 is 30.8. The van der Waals surface area contributed by atoms with Gasteiger partial charge in [0.15, 0.2) is 17.1 Å². The van der Waals surface area contributed by atoms with Gasteiger partial charge in [-0.05, 0) is 103 Å². The smallest absolute Gasteiger partial charge is 0.501 e. The average Bonchev–Trinajstić information content (AvgIpc) is 3.03. The molecule has 1 unspecified atom stereocenters. The largest absolute Gasteiger partial charge is 0.545 e. The van der Waals surface area contributed by atoms with Crippen molar-refractivity contribution in [3.8, 4) is 28.2 Å². The van der Waals surface area contributed by atoms with E-state index in [0.29, 0.717) is 35.7 Å². The fraction of sp³-hybridized carbons (Fsp3) is 0.333. The van der Waals surface area contributed by atoms with Crippen LogP contribution in [0, 0.1) is 0 Å². The van der Waals surface area contributed by atoms with Crippen molar-refractivity contribution in [1.29, 1.82) is 0 Å². The van der Waals surface area contributed by atoms with Gasteiger partial charge in [-0.1, -0.05) is 46.4 Å². The molecule has 1 atom stereocenters. The quantitative estimate of drug-likeness (QED) is 0.0569. The van der Waals surface area contributed by atoms with Gasteiger partial charge in [0.2, 0.25) is 5.43 Å². The van der Waals surface area contributed by atoms with Crippen molar-refractivity contribution >= 4 is 136 Å². The van der Waals surface area contributed by atoms with Crippen molar-refractivity contribution in [2.24, 2.45) is 0 Å². The van der Waals surface area contributed by atoms with Crippen LogP contribution in [0.3, 0.4) is 0 Å². The second kappa shape index (κ2) is 16.9. The zero-order chi connectivity index (χ0) is 35.7. The number of aliphatic hydroxyl groups excluding tert-OH is 1. The number of aromatic carboxylic acids is 1. The number of halogens is 8. The van der Waals surface area contributed by atoms with Crippen LogP contribution in [0.25, 0.3) is 33.4 Å². The molecule has 2 aromatic rings. The lowest BCUT2D eigenvalue weighted by Gasteiger charge is -2.29. The number of hydrogen-bond donors (Lipinski definition) is 1. The molecule has 0 fully saturated rings. The molecule has 1 heterocycles. The van der Waals surface area contributed by atoms with E-state index in [2.05, 4.69) is 63.7 Å². The Labute approximate surface area is 330 Å². The number of ether oxygens (including phenoxy) is 1. The maximum absolute atomic E-state index is 13.0. The van der Waals surface area contributed by atoms with E-state index in [1.807, 2.05) is 20.8 Å². The lowest BCUT2D eigenvalue weighted by atomic mass is 9.90. The van der Waals surface area contributed by atoms with Crippen molar-refractivity contribution < 1.29 is 37.4 Å². The maximum atomic E-state index is 13.0. The third-order valence-electron chi connectivity index (χ3n) is 7.02. The van der Waals surface area contributed by atoms with Crippen LogP contribution in [-0.2, 0) is 13.3 Å². The van der Waals surface area contributed by atoms with E-state index in [-0.39, 0.29) is 80.3 Å². The summed E-state index contributed by atoms with van der Waals surface area (Å²) in [5.74, 6) is -1.38. The van der Waals surface area contributed by atoms with Gasteiger partial charge in [0.05, 0.1) is 41.1 Å². The van der Waals surface area contributed by atoms with Gasteiger partial charge in [-0.3, -0.25) is 4.79 Å². The monoisotopic (exact) mass is 1010 g/mol. The van der Waals surface area contributed by atoms with Crippen LogP contribution >= 0.6 is 110 Å². The molecule has 260 valence electrons. The average molecular weight is 1020 g/mol. The molecule has 4 rings (SSSR count). The Hall–Kier alpha value is -0.463. The third kappa shape index (κ3) is 7.96. The highest BCUT2D eigenvalue weighted by Gasteiger charge is 2.40. The van der Waals surface area contributed by atoms with E-state index in [1.54, 1.807) is 6.07 Å². The summed E-state index contributed by atoms with van der Waals surface area (Å²) in [7, 11) is -3.00. The first kappa shape index (κ1) is 40.3. The standard InChI is InChI=1S/C30H26Br4Cl4O9Si/c1-4-44-48(45-5-2,46-6-3)8-7-12(39)11-43-29-16(32)10-14-17(18-19(30(41)42)23(36)25(38)24(37)22(18)35)13-9-15(31)26(40)20(33)27(13)47-28(14)21(29)34/h9-10,12,39H,4-8,11H2,1-3H3,(H,41,42)/p-1. The Bertz CT molecular complexity index is 1890. The van der Waals surface area contributed by atoms with Gasteiger partial charge >= 0.3 is 8.80 Å². The zero-order valence-electron chi connectivity index (χ0n) is 25.2. The van der Waals surface area contributed by atoms with Crippen LogP contribution in [0.5, 0.6) is 5.75 Å². The fourth-order valence-corrected chi connectivity index (χ4v) is 11.4. The van der Waals surface area contributed by atoms with Crippen LogP contribution in [0.15, 0.2) is 39.2 Å². The number of benzene rings is 3. The van der Waals surface area contributed by atoms with Gasteiger partial charge in [0.25, 0.3) is 0 Å². The summed E-state index contributed by atoms with van der Waals surface area (Å²) in [6, 6.07) is 3.44. The summed E-state index contributed by atoms with van der Waals surface area (Å²) in [4.78, 5) is 25.5. The molecule has 0 amide bonds. The summed E-state index contributed by atoms with van der Waals surface area (Å²) >= 11 is 39.4. The molecule has 1 N–H and O–H groups in total. The molecule has 2 aromatic carbocycles. The predicted octanol–water partition coefficient (Wildman–Crippen LogP) is 9.77. The minimum absolute atomic E-state index is 0.0329. The molecule has 18 heteroatoms. The molecule has 0 saturated heterocycles. The van der Waals surface area contributed by atoms with Gasteiger partial charge in [0.1, 0.15) is 15.6 Å². The molecule has 1 aliphatic heterocycles. The summed E-state index contributed by atoms with van der Waals surface area (Å²) in [5, 5.41) is 22.7. The number of carbonyl (C=O) groups is 1. The topological polar surface area (TPSA) is 127 Å². The number of carboxylic acids is 1. The molecule has 0 saturated carbocycles. The van der Waals surface area contributed by atoms with Gasteiger partial charge in [-0.25, -0.2) is 0 Å². The second-order valence-corrected chi connectivity index (χ2v) is 17.6. The number of carboxylic acid groups (broad SMARTS) is 1. The maximum Gasteiger partial charge on any atom is 0.501 e. The molecule has 1 aliphatic carbocycles. The van der Waals surface area contributed by atoms with Crippen LogP contribution < -0.4 is 15.3 Å². The van der Waals surface area contributed by atoms with Gasteiger partial charge in [-0.15, -0.1) is 0 Å². The first-order valence-corrected chi connectivity index (χ1v) is 20.8. The van der Waals surface area contributed by atoms with Crippen molar-refractivity contribution in [2.75, 3.05) is 26.4 Å². The lowest BCUT2D eigenvalue weighted by Crippen LogP contribution is -2.46. The summed E-state index contributed by atoms with van der Waals surface area (Å²) in [5.41, 5.74) is -0.487. The van der Waals surface area contributed by atoms with E-state index < -0.39 is 31.9 Å². The van der Waals surface area contributed by atoms with Crippen molar-refractivity contribution in [3.05, 3.63) is 65.9 Å². The van der Waals surface area contributed by atoms with Crippen molar-refractivity contribution in [1.82, 2.24) is 0 Å². The first-order valence-electron chi connectivity index (χ1n) is 14.2.